The summed E-state index contributed by atoms with van der Waals surface area (Å²) in [6.07, 6.45) is 6.25. The Kier molecular flexibility index (Phi) is 4.24. The molecular formula is C14H21NO4. The minimum Gasteiger partial charge on any atom is -0.481 e. The summed E-state index contributed by atoms with van der Waals surface area (Å²) >= 11 is 0. The van der Waals surface area contributed by atoms with E-state index in [0.29, 0.717) is 26.1 Å². The number of ether oxygens (including phenoxy) is 1. The molecule has 0 bridgehead atoms. The van der Waals surface area contributed by atoms with Crippen molar-refractivity contribution in [2.75, 3.05) is 13.2 Å². The van der Waals surface area contributed by atoms with Gasteiger partial charge in [0.15, 0.2) is 0 Å². The fourth-order valence-corrected chi connectivity index (χ4v) is 2.71. The fraction of sp³-hybridized carbons (Fsp3) is 0.714. The molecule has 0 unspecified atom stereocenters. The predicted molar refractivity (Wildman–Crippen MR) is 69.6 cm³/mol. The van der Waals surface area contributed by atoms with Crippen LogP contribution in [-0.4, -0.2) is 35.7 Å². The van der Waals surface area contributed by atoms with Gasteiger partial charge in [0.1, 0.15) is 0 Å². The van der Waals surface area contributed by atoms with Crippen LogP contribution in [0, 0.1) is 11.8 Å². The third kappa shape index (κ3) is 3.35. The van der Waals surface area contributed by atoms with Gasteiger partial charge in [0.2, 0.25) is 5.91 Å². The van der Waals surface area contributed by atoms with Crippen LogP contribution in [0.25, 0.3) is 0 Å². The second-order valence-corrected chi connectivity index (χ2v) is 5.66. The summed E-state index contributed by atoms with van der Waals surface area (Å²) in [5, 5.41) is 12.2. The van der Waals surface area contributed by atoms with Crippen molar-refractivity contribution >= 4 is 11.9 Å². The van der Waals surface area contributed by atoms with E-state index in [-0.39, 0.29) is 11.4 Å². The van der Waals surface area contributed by atoms with Gasteiger partial charge in [-0.05, 0) is 32.6 Å². The Balaban J connectivity index is 2.01. The van der Waals surface area contributed by atoms with Crippen LogP contribution in [0.1, 0.15) is 32.6 Å². The lowest BCUT2D eigenvalue weighted by Gasteiger charge is -2.36. The van der Waals surface area contributed by atoms with Gasteiger partial charge in [0, 0.05) is 18.8 Å². The van der Waals surface area contributed by atoms with Crippen molar-refractivity contribution in [3.63, 3.8) is 0 Å². The SMILES string of the molecule is CC1(NC(=O)[C@@H]2CC=CC[C@@H]2C(=O)O)CCOCC1. The van der Waals surface area contributed by atoms with Gasteiger partial charge >= 0.3 is 5.97 Å². The zero-order chi connectivity index (χ0) is 13.9. The quantitative estimate of drug-likeness (QED) is 0.757. The molecule has 2 atom stereocenters. The van der Waals surface area contributed by atoms with E-state index in [4.69, 9.17) is 4.74 Å². The summed E-state index contributed by atoms with van der Waals surface area (Å²) in [5.41, 5.74) is -0.264. The van der Waals surface area contributed by atoms with Crippen LogP contribution in [0.3, 0.4) is 0 Å². The summed E-state index contributed by atoms with van der Waals surface area (Å²) < 4.78 is 5.29. The highest BCUT2D eigenvalue weighted by molar-refractivity contribution is 5.85. The number of allylic oxidation sites excluding steroid dienone is 2. The lowest BCUT2D eigenvalue weighted by Crippen LogP contribution is -2.52. The van der Waals surface area contributed by atoms with Gasteiger partial charge in [-0.2, -0.15) is 0 Å². The highest BCUT2D eigenvalue weighted by Crippen LogP contribution is 2.28. The van der Waals surface area contributed by atoms with E-state index >= 15 is 0 Å². The molecule has 19 heavy (non-hydrogen) atoms. The molecule has 1 amide bonds. The lowest BCUT2D eigenvalue weighted by molar-refractivity contribution is -0.148. The number of carboxylic acid groups (broad SMARTS) is 1. The van der Waals surface area contributed by atoms with E-state index in [2.05, 4.69) is 5.32 Å². The van der Waals surface area contributed by atoms with Crippen LogP contribution in [0.5, 0.6) is 0 Å². The number of amides is 1. The number of carboxylic acids is 1. The maximum absolute atomic E-state index is 12.3. The number of hydrogen-bond donors (Lipinski definition) is 2. The first-order valence-corrected chi connectivity index (χ1v) is 6.79. The Morgan fingerprint density at radius 2 is 1.79 bits per heavy atom. The molecule has 1 heterocycles. The minimum atomic E-state index is -0.887. The smallest absolute Gasteiger partial charge is 0.307 e. The monoisotopic (exact) mass is 267 g/mol. The van der Waals surface area contributed by atoms with Crippen LogP contribution in [0.2, 0.25) is 0 Å². The molecule has 106 valence electrons. The molecule has 0 spiro atoms. The normalized spacial score (nSPS) is 29.7. The topological polar surface area (TPSA) is 75.6 Å². The van der Waals surface area contributed by atoms with Crippen molar-refractivity contribution in [2.24, 2.45) is 11.8 Å². The number of hydrogen-bond acceptors (Lipinski definition) is 3. The van der Waals surface area contributed by atoms with Gasteiger partial charge in [-0.1, -0.05) is 12.2 Å². The van der Waals surface area contributed by atoms with Gasteiger partial charge in [-0.15, -0.1) is 0 Å². The molecule has 0 saturated carbocycles. The molecule has 1 aliphatic carbocycles. The Bertz CT molecular complexity index is 385. The van der Waals surface area contributed by atoms with E-state index in [9.17, 15) is 14.7 Å². The summed E-state index contributed by atoms with van der Waals surface area (Å²) in [7, 11) is 0. The fourth-order valence-electron chi connectivity index (χ4n) is 2.71. The highest BCUT2D eigenvalue weighted by atomic mass is 16.5. The van der Waals surface area contributed by atoms with Crippen molar-refractivity contribution in [3.05, 3.63) is 12.2 Å². The average molecular weight is 267 g/mol. The van der Waals surface area contributed by atoms with Crippen LogP contribution >= 0.6 is 0 Å². The third-order valence-electron chi connectivity index (χ3n) is 4.11. The van der Waals surface area contributed by atoms with Crippen molar-refractivity contribution in [3.8, 4) is 0 Å². The molecule has 5 heteroatoms. The number of carbonyl (C=O) groups excluding carboxylic acids is 1. The predicted octanol–water partition coefficient (Wildman–Crippen LogP) is 1.34. The standard InChI is InChI=1S/C14H21NO4/c1-14(6-8-19-9-7-14)15-12(16)10-4-2-3-5-11(10)13(17)18/h2-3,10-11H,4-9H2,1H3,(H,15,16)(H,17,18)/t10-,11+/m1/s1. The lowest BCUT2D eigenvalue weighted by atomic mass is 9.81. The third-order valence-corrected chi connectivity index (χ3v) is 4.11. The van der Waals surface area contributed by atoms with E-state index in [1.54, 1.807) is 0 Å². The Morgan fingerprint density at radius 1 is 1.21 bits per heavy atom. The van der Waals surface area contributed by atoms with Gasteiger partial charge in [0.05, 0.1) is 11.8 Å². The highest BCUT2D eigenvalue weighted by Gasteiger charge is 2.37. The second kappa shape index (κ2) is 5.74. The van der Waals surface area contributed by atoms with Crippen LogP contribution in [0.15, 0.2) is 12.2 Å². The Labute approximate surface area is 113 Å². The number of nitrogens with one attached hydrogen (secondary N) is 1. The molecular weight excluding hydrogens is 246 g/mol. The first-order chi connectivity index (χ1) is 9.02. The largest absolute Gasteiger partial charge is 0.481 e. The Hall–Kier alpha value is -1.36. The number of aliphatic carboxylic acids is 1. The summed E-state index contributed by atoms with van der Waals surface area (Å²) in [4.78, 5) is 23.5. The van der Waals surface area contributed by atoms with Gasteiger partial charge in [0.25, 0.3) is 0 Å². The maximum atomic E-state index is 12.3. The molecule has 0 aromatic rings. The van der Waals surface area contributed by atoms with E-state index < -0.39 is 17.8 Å². The number of rotatable bonds is 3. The molecule has 0 aromatic heterocycles. The molecule has 2 N–H and O–H groups in total. The zero-order valence-corrected chi connectivity index (χ0v) is 11.2. The van der Waals surface area contributed by atoms with Crippen LogP contribution in [0.4, 0.5) is 0 Å². The molecule has 5 nitrogen and oxygen atoms in total. The van der Waals surface area contributed by atoms with Crippen molar-refractivity contribution in [2.45, 2.75) is 38.1 Å². The second-order valence-electron chi connectivity index (χ2n) is 5.66. The molecule has 0 radical (unpaired) electrons. The molecule has 0 aromatic carbocycles. The van der Waals surface area contributed by atoms with E-state index in [1.807, 2.05) is 19.1 Å². The molecule has 2 aliphatic rings. The van der Waals surface area contributed by atoms with E-state index in [1.165, 1.54) is 0 Å². The summed E-state index contributed by atoms with van der Waals surface area (Å²) in [6.45, 7) is 3.29. The summed E-state index contributed by atoms with van der Waals surface area (Å²) in [6, 6.07) is 0. The van der Waals surface area contributed by atoms with Crippen molar-refractivity contribution in [1.29, 1.82) is 0 Å². The minimum absolute atomic E-state index is 0.138. The first-order valence-electron chi connectivity index (χ1n) is 6.79. The van der Waals surface area contributed by atoms with Crippen molar-refractivity contribution < 1.29 is 19.4 Å². The maximum Gasteiger partial charge on any atom is 0.307 e. The molecule has 2 rings (SSSR count). The van der Waals surface area contributed by atoms with E-state index in [0.717, 1.165) is 12.8 Å². The number of carbonyl (C=O) groups is 2. The average Bonchev–Trinajstić information content (AvgIpc) is 2.39. The van der Waals surface area contributed by atoms with Gasteiger partial charge in [-0.25, -0.2) is 0 Å². The summed E-state index contributed by atoms with van der Waals surface area (Å²) in [5.74, 6) is -2.08. The van der Waals surface area contributed by atoms with Crippen molar-refractivity contribution in [1.82, 2.24) is 5.32 Å². The molecule has 1 saturated heterocycles. The van der Waals surface area contributed by atoms with Crippen LogP contribution in [-0.2, 0) is 14.3 Å². The Morgan fingerprint density at radius 3 is 2.37 bits per heavy atom. The molecule has 1 fully saturated rings. The van der Waals surface area contributed by atoms with Gasteiger partial charge in [-0.3, -0.25) is 9.59 Å². The molecule has 1 aliphatic heterocycles. The zero-order valence-electron chi connectivity index (χ0n) is 11.2. The van der Waals surface area contributed by atoms with Gasteiger partial charge < -0.3 is 15.2 Å². The first kappa shape index (κ1) is 14.1. The van der Waals surface area contributed by atoms with Crippen LogP contribution < -0.4 is 5.32 Å².